The van der Waals surface area contributed by atoms with Crippen molar-refractivity contribution in [3.8, 4) is 5.75 Å². The second kappa shape index (κ2) is 12.9. The van der Waals surface area contributed by atoms with E-state index in [4.69, 9.17) is 16.3 Å². The van der Waals surface area contributed by atoms with E-state index in [-0.39, 0.29) is 11.8 Å². The average molecular weight is 557 g/mol. The molecule has 0 radical (unpaired) electrons. The Morgan fingerprint density at radius 2 is 2.00 bits per heavy atom. The smallest absolute Gasteiger partial charge is 0.260 e. The maximum absolute atomic E-state index is 13.3. The average Bonchev–Trinajstić information content (AvgIpc) is 3.09. The molecular weight excluding hydrogens is 512 g/mol. The topological polar surface area (TPSA) is 41.6 Å². The van der Waals surface area contributed by atoms with Gasteiger partial charge in [0.2, 0.25) is 0 Å². The third kappa shape index (κ3) is 6.59. The number of nitrogens with one attached hydrogen (secondary N) is 1. The summed E-state index contributed by atoms with van der Waals surface area (Å²) in [7, 11) is -0.438. The van der Waals surface area contributed by atoms with Gasteiger partial charge in [-0.05, 0) is 72.1 Å². The summed E-state index contributed by atoms with van der Waals surface area (Å²) in [6, 6.07) is 12.2. The Kier molecular flexibility index (Phi) is 9.86. The number of halogens is 1. The number of carbonyl (C=O) groups excluding carboxylic acids is 1. The number of fused-ring (bicyclic) bond motifs is 1. The molecule has 2 aromatic carbocycles. The lowest BCUT2D eigenvalue weighted by molar-refractivity contribution is 0.0984. The fraction of sp³-hybridized carbons (Fsp3) is 0.562. The molecule has 1 aliphatic heterocycles. The molecule has 1 heterocycles. The Labute approximate surface area is 237 Å². The zero-order valence-corrected chi connectivity index (χ0v) is 25.3. The Balaban J connectivity index is 1.62. The quantitative estimate of drug-likeness (QED) is 0.300. The van der Waals surface area contributed by atoms with Crippen LogP contribution in [0, 0.1) is 17.8 Å². The number of carbonyl (C=O) groups is 1. The minimum Gasteiger partial charge on any atom is -0.491 e. The molecule has 2 aliphatic rings. The molecule has 208 valence electrons. The molecule has 0 saturated heterocycles. The number of anilines is 1. The first-order valence-electron chi connectivity index (χ1n) is 14.4. The van der Waals surface area contributed by atoms with Crippen molar-refractivity contribution < 1.29 is 9.53 Å². The van der Waals surface area contributed by atoms with Gasteiger partial charge in [0.25, 0.3) is 5.91 Å². The number of rotatable bonds is 10. The highest BCUT2D eigenvalue weighted by Gasteiger charge is 2.33. The fourth-order valence-electron chi connectivity index (χ4n) is 5.63. The molecule has 4 nitrogen and oxygen atoms in total. The molecule has 1 aliphatic carbocycles. The van der Waals surface area contributed by atoms with Crippen LogP contribution in [0.25, 0.3) is 0 Å². The second-order valence-corrected chi connectivity index (χ2v) is 13.7. The van der Waals surface area contributed by atoms with Gasteiger partial charge in [0.1, 0.15) is 5.75 Å². The number of amides is 1. The van der Waals surface area contributed by atoms with Crippen LogP contribution in [0.15, 0.2) is 36.4 Å². The first-order valence-corrected chi connectivity index (χ1v) is 16.2. The molecule has 1 amide bonds. The molecule has 1 fully saturated rings. The van der Waals surface area contributed by atoms with Crippen molar-refractivity contribution in [2.75, 3.05) is 24.6 Å². The van der Waals surface area contributed by atoms with Gasteiger partial charge >= 0.3 is 0 Å². The highest BCUT2D eigenvalue weighted by Crippen LogP contribution is 2.41. The summed E-state index contributed by atoms with van der Waals surface area (Å²) in [6.45, 7) is 13.6. The van der Waals surface area contributed by atoms with E-state index in [1.165, 1.54) is 24.0 Å². The van der Waals surface area contributed by atoms with Crippen molar-refractivity contribution in [2.45, 2.75) is 77.9 Å². The number of ether oxygens (including phenoxy) is 1. The normalized spacial score (nSPS) is 23.3. The minimum absolute atomic E-state index is 0.0537. The summed E-state index contributed by atoms with van der Waals surface area (Å²) >= 11 is 6.38. The molecule has 6 atom stereocenters. The lowest BCUT2D eigenvalue weighted by Crippen LogP contribution is -2.39. The van der Waals surface area contributed by atoms with Crippen molar-refractivity contribution in [2.24, 2.45) is 17.8 Å². The predicted octanol–water partition coefficient (Wildman–Crippen LogP) is 8.10. The van der Waals surface area contributed by atoms with Crippen LogP contribution in [0.5, 0.6) is 5.75 Å². The summed E-state index contributed by atoms with van der Waals surface area (Å²) in [5.74, 6) is 7.24. The molecule has 4 rings (SSSR count). The van der Waals surface area contributed by atoms with Crippen molar-refractivity contribution in [1.29, 1.82) is 0 Å². The summed E-state index contributed by atoms with van der Waals surface area (Å²) in [6.07, 6.45) is 5.72. The van der Waals surface area contributed by atoms with Crippen LogP contribution in [0.4, 0.5) is 5.69 Å². The largest absolute Gasteiger partial charge is 0.491 e. The molecule has 1 N–H and O–H groups in total. The van der Waals surface area contributed by atoms with Crippen LogP contribution in [0.3, 0.4) is 0 Å². The third-order valence-electron chi connectivity index (χ3n) is 8.88. The van der Waals surface area contributed by atoms with E-state index in [9.17, 15) is 4.79 Å². The Morgan fingerprint density at radius 1 is 1.21 bits per heavy atom. The van der Waals surface area contributed by atoms with Crippen LogP contribution in [0.1, 0.15) is 87.7 Å². The summed E-state index contributed by atoms with van der Waals surface area (Å²) in [5.41, 5.74) is 4.35. The van der Waals surface area contributed by atoms with Crippen LogP contribution >= 0.6 is 22.3 Å². The van der Waals surface area contributed by atoms with E-state index in [0.29, 0.717) is 29.3 Å². The van der Waals surface area contributed by atoms with Gasteiger partial charge in [0.05, 0.1) is 12.3 Å². The van der Waals surface area contributed by atoms with Crippen LogP contribution in [0.2, 0.25) is 5.02 Å². The van der Waals surface area contributed by atoms with Gasteiger partial charge < -0.3 is 14.4 Å². The SMILES string of the molecule is C=S(NC(=O)c1ccc2c(c1)N(CC1CCC1C)CC(c1ccc(Cl)cc1CCC)CO2)C(C)C(C)CC. The van der Waals surface area contributed by atoms with E-state index in [1.54, 1.807) is 0 Å². The van der Waals surface area contributed by atoms with E-state index < -0.39 is 10.7 Å². The molecule has 6 heteroatoms. The molecule has 1 saturated carbocycles. The second-order valence-electron chi connectivity index (χ2n) is 11.5. The maximum Gasteiger partial charge on any atom is 0.260 e. The number of hydrogen-bond donors (Lipinski definition) is 1. The fourth-order valence-corrected chi connectivity index (χ4v) is 7.12. The van der Waals surface area contributed by atoms with Gasteiger partial charge in [-0.25, -0.2) is 0 Å². The standard InChI is InChI=1S/C32H45ClN2O2S/c1-7-9-24-16-28(33)13-14-29(24)27-19-35(18-26-11-10-22(26)4)30-17-25(12-15-31(30)37-20-27)32(36)34-38(6)23(5)21(3)8-2/h12-17,21-23,26-27H,6-11,18-20H2,1-5H3,(H,34,36). The third-order valence-corrected chi connectivity index (χ3v) is 10.9. The van der Waals surface area contributed by atoms with E-state index in [1.807, 2.05) is 24.3 Å². The number of hydrogen-bond acceptors (Lipinski definition) is 3. The van der Waals surface area contributed by atoms with Gasteiger partial charge in [-0.3, -0.25) is 4.79 Å². The van der Waals surface area contributed by atoms with E-state index >= 15 is 0 Å². The zero-order valence-electron chi connectivity index (χ0n) is 23.8. The van der Waals surface area contributed by atoms with E-state index in [0.717, 1.165) is 54.7 Å². The van der Waals surface area contributed by atoms with Gasteiger partial charge in [0, 0.05) is 34.8 Å². The van der Waals surface area contributed by atoms with Gasteiger partial charge in [-0.1, -0.05) is 88.1 Å². The van der Waals surface area contributed by atoms with Crippen LogP contribution in [-0.4, -0.2) is 36.7 Å². The number of aryl methyl sites for hydroxylation is 1. The summed E-state index contributed by atoms with van der Waals surface area (Å²) in [5, 5.41) is 1.13. The summed E-state index contributed by atoms with van der Waals surface area (Å²) < 4.78 is 9.64. The molecule has 0 bridgehead atoms. The maximum atomic E-state index is 13.3. The molecule has 2 aromatic rings. The minimum atomic E-state index is -0.438. The van der Waals surface area contributed by atoms with Crippen molar-refractivity contribution in [3.05, 3.63) is 58.1 Å². The highest BCUT2D eigenvalue weighted by atomic mass is 35.5. The van der Waals surface area contributed by atoms with Crippen molar-refractivity contribution in [1.82, 2.24) is 4.72 Å². The van der Waals surface area contributed by atoms with Gasteiger partial charge in [0.15, 0.2) is 0 Å². The Morgan fingerprint density at radius 3 is 2.66 bits per heavy atom. The van der Waals surface area contributed by atoms with Gasteiger partial charge in [-0.15, -0.1) is 0 Å². The molecule has 38 heavy (non-hydrogen) atoms. The molecule has 0 aromatic heterocycles. The van der Waals surface area contributed by atoms with Gasteiger partial charge in [-0.2, -0.15) is 0 Å². The predicted molar refractivity (Wildman–Crippen MR) is 165 cm³/mol. The number of benzene rings is 2. The Bertz CT molecular complexity index is 1150. The van der Waals surface area contributed by atoms with Crippen molar-refractivity contribution >= 4 is 39.7 Å². The van der Waals surface area contributed by atoms with Crippen LogP contribution in [-0.2, 0) is 6.42 Å². The lowest BCUT2D eigenvalue weighted by atomic mass is 9.74. The highest BCUT2D eigenvalue weighted by molar-refractivity contribution is 8.13. The zero-order chi connectivity index (χ0) is 27.4. The first kappa shape index (κ1) is 29.0. The molecule has 0 spiro atoms. The lowest BCUT2D eigenvalue weighted by Gasteiger charge is -2.39. The number of nitrogens with zero attached hydrogens (tertiary/aromatic N) is 1. The Hall–Kier alpha value is -1.98. The first-order chi connectivity index (χ1) is 18.2. The van der Waals surface area contributed by atoms with Crippen molar-refractivity contribution in [3.63, 3.8) is 0 Å². The molecule has 6 unspecified atom stereocenters. The van der Waals surface area contributed by atoms with Crippen LogP contribution < -0.4 is 14.4 Å². The summed E-state index contributed by atoms with van der Waals surface area (Å²) in [4.78, 5) is 15.8. The molecular formula is C32H45ClN2O2S. The van der Waals surface area contributed by atoms with E-state index in [2.05, 4.69) is 62.2 Å². The monoisotopic (exact) mass is 556 g/mol.